The second kappa shape index (κ2) is 8.70. The summed E-state index contributed by atoms with van der Waals surface area (Å²) in [6, 6.07) is 9.93. The molecule has 0 saturated heterocycles. The first-order valence-electron chi connectivity index (χ1n) is 9.12. The van der Waals surface area contributed by atoms with Gasteiger partial charge in [-0.3, -0.25) is 4.79 Å². The van der Waals surface area contributed by atoms with Crippen molar-refractivity contribution >= 4 is 11.9 Å². The molecule has 0 aliphatic rings. The number of nitrogens with one attached hydrogen (secondary N) is 1. The van der Waals surface area contributed by atoms with E-state index in [1.165, 1.54) is 0 Å². The molecule has 1 N–H and O–H groups in total. The fraction of sp³-hybridized carbons (Fsp3) is 0.429. The molecular weight excluding hydrogens is 328 g/mol. The second-order valence-corrected chi connectivity index (χ2v) is 6.48. The summed E-state index contributed by atoms with van der Waals surface area (Å²) < 4.78 is 7.14. The Hall–Kier alpha value is -2.56. The number of benzene rings is 1. The molecule has 0 unspecified atom stereocenters. The Bertz CT molecular complexity index is 778. The number of rotatable bonds is 7. The van der Waals surface area contributed by atoms with Gasteiger partial charge in [0.25, 0.3) is 0 Å². The zero-order chi connectivity index (χ0) is 19.3. The summed E-state index contributed by atoms with van der Waals surface area (Å²) in [4.78, 5) is 24.9. The lowest BCUT2D eigenvalue weighted by Crippen LogP contribution is -2.35. The van der Waals surface area contributed by atoms with Gasteiger partial charge in [0.05, 0.1) is 17.9 Å². The molecule has 0 aliphatic heterocycles. The Morgan fingerprint density at radius 3 is 2.38 bits per heavy atom. The van der Waals surface area contributed by atoms with Crippen molar-refractivity contribution in [1.29, 1.82) is 0 Å². The molecule has 1 aromatic heterocycles. The van der Waals surface area contributed by atoms with E-state index in [-0.39, 0.29) is 24.5 Å². The SMILES string of the molecule is CCOC(=O)c1c(C)c(-c2ccccc2)n(CC(=O)N[C@@H](C)CC)c1C. The minimum Gasteiger partial charge on any atom is -0.462 e. The van der Waals surface area contributed by atoms with Crippen LogP contribution >= 0.6 is 0 Å². The van der Waals surface area contributed by atoms with E-state index in [2.05, 4.69) is 5.32 Å². The highest BCUT2D eigenvalue weighted by molar-refractivity contribution is 5.95. The number of aromatic nitrogens is 1. The van der Waals surface area contributed by atoms with Gasteiger partial charge >= 0.3 is 5.97 Å². The molecular formula is C21H28N2O3. The van der Waals surface area contributed by atoms with Gasteiger partial charge in [0.2, 0.25) is 5.91 Å². The highest BCUT2D eigenvalue weighted by atomic mass is 16.5. The fourth-order valence-corrected chi connectivity index (χ4v) is 3.13. The van der Waals surface area contributed by atoms with E-state index in [1.54, 1.807) is 6.92 Å². The van der Waals surface area contributed by atoms with E-state index in [0.717, 1.165) is 28.9 Å². The van der Waals surface area contributed by atoms with E-state index < -0.39 is 0 Å². The molecule has 1 heterocycles. The molecule has 0 aliphatic carbocycles. The molecule has 5 nitrogen and oxygen atoms in total. The Labute approximate surface area is 155 Å². The molecule has 2 aromatic rings. The minimum atomic E-state index is -0.347. The molecule has 5 heteroatoms. The molecule has 0 spiro atoms. The summed E-state index contributed by atoms with van der Waals surface area (Å²) in [7, 11) is 0. The number of esters is 1. The maximum absolute atomic E-state index is 12.5. The third-order valence-corrected chi connectivity index (χ3v) is 4.62. The monoisotopic (exact) mass is 356 g/mol. The highest BCUT2D eigenvalue weighted by Gasteiger charge is 2.25. The summed E-state index contributed by atoms with van der Waals surface area (Å²) in [5.41, 5.74) is 3.98. The van der Waals surface area contributed by atoms with Gasteiger partial charge in [-0.15, -0.1) is 0 Å². The normalized spacial score (nSPS) is 11.9. The van der Waals surface area contributed by atoms with Crippen molar-refractivity contribution in [2.75, 3.05) is 6.61 Å². The topological polar surface area (TPSA) is 60.3 Å². The third-order valence-electron chi connectivity index (χ3n) is 4.62. The molecule has 140 valence electrons. The van der Waals surface area contributed by atoms with Crippen molar-refractivity contribution in [3.8, 4) is 11.3 Å². The second-order valence-electron chi connectivity index (χ2n) is 6.48. The van der Waals surface area contributed by atoms with Crippen molar-refractivity contribution in [2.24, 2.45) is 0 Å². The van der Waals surface area contributed by atoms with Gasteiger partial charge in [-0.1, -0.05) is 37.3 Å². The predicted molar refractivity (Wildman–Crippen MR) is 103 cm³/mol. The van der Waals surface area contributed by atoms with Crippen LogP contribution in [0.2, 0.25) is 0 Å². The van der Waals surface area contributed by atoms with Gasteiger partial charge in [-0.2, -0.15) is 0 Å². The lowest BCUT2D eigenvalue weighted by Gasteiger charge is -2.15. The standard InChI is InChI=1S/C21H28N2O3/c1-6-14(3)22-18(24)13-23-16(5)19(21(25)26-7-2)15(4)20(23)17-11-9-8-10-12-17/h8-12,14H,6-7,13H2,1-5H3,(H,22,24)/t14-/m0/s1. The average Bonchev–Trinajstić information content (AvgIpc) is 2.85. The van der Waals surface area contributed by atoms with Crippen LogP contribution in [0, 0.1) is 13.8 Å². The molecule has 0 radical (unpaired) electrons. The van der Waals surface area contributed by atoms with Gasteiger partial charge in [0.15, 0.2) is 0 Å². The van der Waals surface area contributed by atoms with Crippen LogP contribution in [0.5, 0.6) is 0 Å². The number of hydrogen-bond donors (Lipinski definition) is 1. The zero-order valence-corrected chi connectivity index (χ0v) is 16.3. The number of carbonyl (C=O) groups is 2. The number of hydrogen-bond acceptors (Lipinski definition) is 3. The van der Waals surface area contributed by atoms with Crippen LogP contribution in [0.3, 0.4) is 0 Å². The molecule has 1 aromatic carbocycles. The summed E-state index contributed by atoms with van der Waals surface area (Å²) in [6.07, 6.45) is 0.870. The van der Waals surface area contributed by atoms with Crippen LogP contribution in [0.4, 0.5) is 0 Å². The third kappa shape index (κ3) is 4.15. The Kier molecular flexibility index (Phi) is 6.61. The van der Waals surface area contributed by atoms with E-state index in [0.29, 0.717) is 12.2 Å². The van der Waals surface area contributed by atoms with Crippen molar-refractivity contribution in [1.82, 2.24) is 9.88 Å². The molecule has 0 saturated carbocycles. The molecule has 2 rings (SSSR count). The van der Waals surface area contributed by atoms with Crippen LogP contribution in [0.15, 0.2) is 30.3 Å². The first kappa shape index (κ1) is 19.8. The van der Waals surface area contributed by atoms with Gasteiger partial charge in [0, 0.05) is 11.7 Å². The summed E-state index contributed by atoms with van der Waals surface area (Å²) in [5.74, 6) is -0.411. The van der Waals surface area contributed by atoms with Crippen LogP contribution < -0.4 is 5.32 Å². The maximum Gasteiger partial charge on any atom is 0.340 e. The number of nitrogens with zero attached hydrogens (tertiary/aromatic N) is 1. The van der Waals surface area contributed by atoms with Crippen molar-refractivity contribution in [3.63, 3.8) is 0 Å². The first-order chi connectivity index (χ1) is 12.4. The smallest absolute Gasteiger partial charge is 0.340 e. The van der Waals surface area contributed by atoms with Gasteiger partial charge in [-0.25, -0.2) is 4.79 Å². The number of amides is 1. The fourth-order valence-electron chi connectivity index (χ4n) is 3.13. The minimum absolute atomic E-state index is 0.0648. The number of ether oxygens (including phenoxy) is 1. The lowest BCUT2D eigenvalue weighted by atomic mass is 10.1. The van der Waals surface area contributed by atoms with Crippen molar-refractivity contribution in [2.45, 2.75) is 53.6 Å². The quantitative estimate of drug-likeness (QED) is 0.766. The largest absolute Gasteiger partial charge is 0.462 e. The van der Waals surface area contributed by atoms with Crippen LogP contribution in [0.25, 0.3) is 11.3 Å². The summed E-state index contributed by atoms with van der Waals surface area (Å²) in [6.45, 7) is 10.1. The Morgan fingerprint density at radius 2 is 1.81 bits per heavy atom. The van der Waals surface area contributed by atoms with Gasteiger partial charge in [0.1, 0.15) is 6.54 Å². The molecule has 0 fully saturated rings. The Balaban J connectivity index is 2.52. The van der Waals surface area contributed by atoms with Gasteiger partial charge < -0.3 is 14.6 Å². The van der Waals surface area contributed by atoms with Crippen LogP contribution in [-0.4, -0.2) is 29.1 Å². The van der Waals surface area contributed by atoms with Crippen molar-refractivity contribution in [3.05, 3.63) is 47.2 Å². The lowest BCUT2D eigenvalue weighted by molar-refractivity contribution is -0.122. The molecule has 0 bridgehead atoms. The summed E-state index contributed by atoms with van der Waals surface area (Å²) in [5, 5.41) is 2.99. The molecule has 1 atom stereocenters. The first-order valence-corrected chi connectivity index (χ1v) is 9.12. The molecule has 1 amide bonds. The summed E-state index contributed by atoms with van der Waals surface area (Å²) >= 11 is 0. The maximum atomic E-state index is 12.5. The van der Waals surface area contributed by atoms with E-state index in [9.17, 15) is 9.59 Å². The van der Waals surface area contributed by atoms with Crippen LogP contribution in [0.1, 0.15) is 48.8 Å². The average molecular weight is 356 g/mol. The van der Waals surface area contributed by atoms with Gasteiger partial charge in [-0.05, 0) is 45.2 Å². The van der Waals surface area contributed by atoms with Crippen LogP contribution in [-0.2, 0) is 16.1 Å². The van der Waals surface area contributed by atoms with E-state index >= 15 is 0 Å². The predicted octanol–water partition coefficient (Wildman–Crippen LogP) is 3.86. The number of carbonyl (C=O) groups excluding carboxylic acids is 2. The van der Waals surface area contributed by atoms with E-state index in [4.69, 9.17) is 4.74 Å². The molecule has 26 heavy (non-hydrogen) atoms. The van der Waals surface area contributed by atoms with Crippen molar-refractivity contribution < 1.29 is 14.3 Å². The highest BCUT2D eigenvalue weighted by Crippen LogP contribution is 2.31. The Morgan fingerprint density at radius 1 is 1.15 bits per heavy atom. The zero-order valence-electron chi connectivity index (χ0n) is 16.3. The van der Waals surface area contributed by atoms with E-state index in [1.807, 2.05) is 62.6 Å².